The van der Waals surface area contributed by atoms with Crippen LogP contribution >= 0.6 is 0 Å². The minimum Gasteiger partial charge on any atom is -0.383 e. The molecule has 0 spiro atoms. The first-order chi connectivity index (χ1) is 9.72. The summed E-state index contributed by atoms with van der Waals surface area (Å²) in [6.07, 6.45) is 1.65. The highest BCUT2D eigenvalue weighted by Gasteiger charge is 2.13. The maximum absolute atomic E-state index is 5.89. The van der Waals surface area contributed by atoms with E-state index in [0.29, 0.717) is 23.2 Å². The number of fused-ring (bicyclic) bond motifs is 2. The minimum atomic E-state index is 0.426. The highest BCUT2D eigenvalue weighted by molar-refractivity contribution is 5.86. The number of aromatic nitrogens is 6. The fourth-order valence-electron chi connectivity index (χ4n) is 2.24. The number of rotatable bonds is 1. The fraction of sp³-hybridized carbons (Fsp3) is 0.0769. The molecule has 4 aromatic rings. The molecule has 3 aromatic heterocycles. The molecule has 7 nitrogen and oxygen atoms in total. The van der Waals surface area contributed by atoms with E-state index in [1.165, 1.54) is 0 Å². The average Bonchev–Trinajstić information content (AvgIpc) is 3.00. The van der Waals surface area contributed by atoms with E-state index in [4.69, 9.17) is 5.73 Å². The molecule has 0 aliphatic carbocycles. The van der Waals surface area contributed by atoms with Gasteiger partial charge in [-0.1, -0.05) is 12.1 Å². The topological polar surface area (TPSA) is 98.3 Å². The Hall–Kier alpha value is -2.96. The SMILES string of the molecule is Cc1nc(N)c2cnn(-c3nc4ccccc4[nH]3)c2n1. The number of nitrogens with one attached hydrogen (secondary N) is 1. The van der Waals surface area contributed by atoms with Crippen molar-refractivity contribution in [2.24, 2.45) is 0 Å². The molecule has 3 heterocycles. The molecule has 0 fully saturated rings. The molecule has 0 radical (unpaired) electrons. The number of H-pyrrole nitrogens is 1. The second-order valence-corrected chi connectivity index (χ2v) is 4.53. The molecule has 0 unspecified atom stereocenters. The van der Waals surface area contributed by atoms with Crippen molar-refractivity contribution in [1.29, 1.82) is 0 Å². The molecule has 7 heteroatoms. The van der Waals surface area contributed by atoms with Gasteiger partial charge in [0.2, 0.25) is 5.95 Å². The van der Waals surface area contributed by atoms with Crippen molar-refractivity contribution < 1.29 is 0 Å². The number of hydrogen-bond acceptors (Lipinski definition) is 5. The van der Waals surface area contributed by atoms with Gasteiger partial charge in [-0.25, -0.2) is 15.0 Å². The van der Waals surface area contributed by atoms with Gasteiger partial charge in [0.15, 0.2) is 5.65 Å². The van der Waals surface area contributed by atoms with Crippen LogP contribution in [0.5, 0.6) is 0 Å². The summed E-state index contributed by atoms with van der Waals surface area (Å²) in [5, 5.41) is 5.02. The molecule has 0 saturated carbocycles. The molecule has 0 aliphatic heterocycles. The van der Waals surface area contributed by atoms with Crippen molar-refractivity contribution in [2.45, 2.75) is 6.92 Å². The Balaban J connectivity index is 2.02. The first-order valence-electron chi connectivity index (χ1n) is 6.15. The van der Waals surface area contributed by atoms with E-state index in [1.807, 2.05) is 24.3 Å². The zero-order valence-electron chi connectivity index (χ0n) is 10.7. The second kappa shape index (κ2) is 3.77. The third-order valence-electron chi connectivity index (χ3n) is 3.15. The normalized spacial score (nSPS) is 11.4. The van der Waals surface area contributed by atoms with Crippen molar-refractivity contribution in [3.05, 3.63) is 36.3 Å². The molecule has 1 aromatic carbocycles. The Morgan fingerprint density at radius 2 is 2.00 bits per heavy atom. The highest BCUT2D eigenvalue weighted by Crippen LogP contribution is 2.20. The average molecular weight is 265 g/mol. The van der Waals surface area contributed by atoms with Crippen molar-refractivity contribution >= 4 is 27.9 Å². The van der Waals surface area contributed by atoms with Crippen LogP contribution < -0.4 is 5.73 Å². The lowest BCUT2D eigenvalue weighted by Gasteiger charge is -2.00. The number of imidazole rings is 1. The maximum Gasteiger partial charge on any atom is 0.231 e. The van der Waals surface area contributed by atoms with Crippen molar-refractivity contribution in [1.82, 2.24) is 29.7 Å². The number of hydrogen-bond donors (Lipinski definition) is 2. The first kappa shape index (κ1) is 10.9. The Morgan fingerprint density at radius 3 is 2.85 bits per heavy atom. The molecular formula is C13H11N7. The van der Waals surface area contributed by atoms with Gasteiger partial charge in [0, 0.05) is 0 Å². The van der Waals surface area contributed by atoms with E-state index >= 15 is 0 Å². The zero-order valence-corrected chi connectivity index (χ0v) is 10.7. The fourth-order valence-corrected chi connectivity index (χ4v) is 2.24. The van der Waals surface area contributed by atoms with Crippen LogP contribution in [0.3, 0.4) is 0 Å². The van der Waals surface area contributed by atoms with Gasteiger partial charge in [-0.15, -0.1) is 0 Å². The Kier molecular flexibility index (Phi) is 2.06. The summed E-state index contributed by atoms with van der Waals surface area (Å²) < 4.78 is 1.64. The number of benzene rings is 1. The van der Waals surface area contributed by atoms with Gasteiger partial charge in [0.1, 0.15) is 11.6 Å². The molecule has 0 saturated heterocycles. The van der Waals surface area contributed by atoms with Crippen LogP contribution in [0.25, 0.3) is 28.0 Å². The summed E-state index contributed by atoms with van der Waals surface area (Å²) >= 11 is 0. The molecular weight excluding hydrogens is 254 g/mol. The lowest BCUT2D eigenvalue weighted by Crippen LogP contribution is -2.02. The van der Waals surface area contributed by atoms with Crippen LogP contribution in [0, 0.1) is 6.92 Å². The summed E-state index contributed by atoms with van der Waals surface area (Å²) in [5.41, 5.74) is 8.36. The van der Waals surface area contributed by atoms with Crippen molar-refractivity contribution in [2.75, 3.05) is 5.73 Å². The second-order valence-electron chi connectivity index (χ2n) is 4.53. The van der Waals surface area contributed by atoms with Gasteiger partial charge in [0.05, 0.1) is 22.6 Å². The Bertz CT molecular complexity index is 901. The molecule has 0 atom stereocenters. The largest absolute Gasteiger partial charge is 0.383 e. The van der Waals surface area contributed by atoms with Gasteiger partial charge >= 0.3 is 0 Å². The van der Waals surface area contributed by atoms with Crippen LogP contribution in [0.15, 0.2) is 30.5 Å². The molecule has 98 valence electrons. The first-order valence-corrected chi connectivity index (χ1v) is 6.15. The van der Waals surface area contributed by atoms with Crippen molar-refractivity contribution in [3.63, 3.8) is 0 Å². The predicted molar refractivity (Wildman–Crippen MR) is 75.5 cm³/mol. The smallest absolute Gasteiger partial charge is 0.231 e. The monoisotopic (exact) mass is 265 g/mol. The van der Waals surface area contributed by atoms with E-state index in [2.05, 4.69) is 25.0 Å². The third kappa shape index (κ3) is 1.46. The van der Waals surface area contributed by atoms with Crippen molar-refractivity contribution in [3.8, 4) is 5.95 Å². The summed E-state index contributed by atoms with van der Waals surface area (Å²) in [4.78, 5) is 16.3. The number of nitrogens with zero attached hydrogens (tertiary/aromatic N) is 5. The number of anilines is 1. The van der Waals surface area contributed by atoms with E-state index in [-0.39, 0.29) is 0 Å². The summed E-state index contributed by atoms with van der Waals surface area (Å²) in [6, 6.07) is 7.80. The maximum atomic E-state index is 5.89. The number of nitrogens with two attached hydrogens (primary N) is 1. The molecule has 0 amide bonds. The number of para-hydroxylation sites is 2. The predicted octanol–water partition coefficient (Wildman–Crippen LogP) is 1.58. The van der Waals surface area contributed by atoms with Crippen LogP contribution in [0.4, 0.5) is 5.82 Å². The van der Waals surface area contributed by atoms with E-state index in [1.54, 1.807) is 17.8 Å². The standard InChI is InChI=1S/C13H11N7/c1-7-16-11(14)8-6-15-20(12(8)17-7)13-18-9-4-2-3-5-10(9)19-13/h2-6H,1H3,(H,18,19)(H2,14,16,17). The molecule has 0 bridgehead atoms. The Morgan fingerprint density at radius 1 is 1.15 bits per heavy atom. The summed E-state index contributed by atoms with van der Waals surface area (Å²) in [6.45, 7) is 1.80. The molecule has 3 N–H and O–H groups in total. The molecule has 20 heavy (non-hydrogen) atoms. The van der Waals surface area contributed by atoms with Crippen LogP contribution in [-0.2, 0) is 0 Å². The lowest BCUT2D eigenvalue weighted by molar-refractivity contribution is 0.840. The number of aryl methyl sites for hydroxylation is 1. The lowest BCUT2D eigenvalue weighted by atomic mass is 10.3. The van der Waals surface area contributed by atoms with E-state index < -0.39 is 0 Å². The molecule has 4 rings (SSSR count). The quantitative estimate of drug-likeness (QED) is 0.544. The number of nitrogen functional groups attached to an aromatic ring is 1. The van der Waals surface area contributed by atoms with Gasteiger partial charge < -0.3 is 10.7 Å². The van der Waals surface area contributed by atoms with Crippen LogP contribution in [0.1, 0.15) is 5.82 Å². The Labute approximate surface area is 113 Å². The highest BCUT2D eigenvalue weighted by atomic mass is 15.4. The van der Waals surface area contributed by atoms with Gasteiger partial charge in [-0.05, 0) is 19.1 Å². The third-order valence-corrected chi connectivity index (χ3v) is 3.15. The van der Waals surface area contributed by atoms with E-state index in [0.717, 1.165) is 16.4 Å². The summed E-state index contributed by atoms with van der Waals surface area (Å²) in [7, 11) is 0. The van der Waals surface area contributed by atoms with Gasteiger partial charge in [0.25, 0.3) is 0 Å². The minimum absolute atomic E-state index is 0.426. The zero-order chi connectivity index (χ0) is 13.7. The summed E-state index contributed by atoms with van der Waals surface area (Å²) in [5.74, 6) is 1.64. The molecule has 0 aliphatic rings. The van der Waals surface area contributed by atoms with E-state index in [9.17, 15) is 0 Å². The van der Waals surface area contributed by atoms with Crippen LogP contribution in [0.2, 0.25) is 0 Å². The number of aromatic amines is 1. The van der Waals surface area contributed by atoms with Gasteiger partial charge in [-0.2, -0.15) is 9.78 Å². The van der Waals surface area contributed by atoms with Crippen LogP contribution in [-0.4, -0.2) is 29.7 Å². The van der Waals surface area contributed by atoms with Gasteiger partial charge in [-0.3, -0.25) is 0 Å².